The highest BCUT2D eigenvalue weighted by molar-refractivity contribution is 7.99. The molecule has 1 aromatic heterocycles. The zero-order chi connectivity index (χ0) is 23.5. The number of alkyl halides is 6. The Kier molecular flexibility index (Phi) is 10.0. The van der Waals surface area contributed by atoms with Gasteiger partial charge in [-0.15, -0.1) is 0 Å². The minimum Gasteiger partial charge on any atom is -0.279 e. The first-order valence-electron chi connectivity index (χ1n) is 8.09. The molecule has 0 atom stereocenters. The summed E-state index contributed by atoms with van der Waals surface area (Å²) in [6, 6.07) is 22.7. The molecule has 0 fully saturated rings. The zero-order valence-electron chi connectivity index (χ0n) is 15.4. The lowest BCUT2D eigenvalue weighted by Crippen LogP contribution is -2.21. The van der Waals surface area contributed by atoms with Gasteiger partial charge < -0.3 is 0 Å². The van der Waals surface area contributed by atoms with Crippen molar-refractivity contribution in [3.05, 3.63) is 90.8 Å². The van der Waals surface area contributed by atoms with Gasteiger partial charge in [0.2, 0.25) is 0 Å². The second kappa shape index (κ2) is 11.7. The number of benzene rings is 2. The molecule has 0 bridgehead atoms. The maximum atomic E-state index is 11.8. The van der Waals surface area contributed by atoms with E-state index in [1.807, 2.05) is 12.1 Å². The first-order valence-corrected chi connectivity index (χ1v) is 10.4. The highest BCUT2D eigenvalue weighted by atomic mass is 32.2. The number of nitrogens with zero attached hydrogens (tertiary/aromatic N) is 1. The summed E-state index contributed by atoms with van der Waals surface area (Å²) in [6.45, 7) is 0. The van der Waals surface area contributed by atoms with Crippen molar-refractivity contribution >= 4 is 21.9 Å². The first kappa shape index (κ1) is 26.5. The third kappa shape index (κ3) is 10.9. The number of hydrogen-bond acceptors (Lipinski definition) is 4. The fourth-order valence-corrected chi connectivity index (χ4v) is 2.51. The molecule has 0 spiro atoms. The van der Waals surface area contributed by atoms with Gasteiger partial charge in [0.15, 0.2) is 0 Å². The van der Waals surface area contributed by atoms with Gasteiger partial charge in [-0.3, -0.25) is 9.54 Å². The zero-order valence-corrected chi connectivity index (χ0v) is 17.0. The van der Waals surface area contributed by atoms with Gasteiger partial charge in [-0.2, -0.15) is 34.8 Å². The Balaban J connectivity index is 0.000000242. The van der Waals surface area contributed by atoms with Crippen LogP contribution in [-0.4, -0.2) is 23.5 Å². The van der Waals surface area contributed by atoms with Crippen LogP contribution in [0.3, 0.4) is 0 Å². The van der Waals surface area contributed by atoms with Gasteiger partial charge in [0.25, 0.3) is 0 Å². The molecule has 1 N–H and O–H groups in total. The summed E-state index contributed by atoms with van der Waals surface area (Å²) in [5, 5.41) is 0. The normalized spacial score (nSPS) is 11.5. The lowest BCUT2D eigenvalue weighted by atomic mass is 10.3. The molecule has 0 radical (unpaired) electrons. The fourth-order valence-electron chi connectivity index (χ4n) is 1.65. The van der Waals surface area contributed by atoms with Crippen molar-refractivity contribution in [1.29, 1.82) is 0 Å². The van der Waals surface area contributed by atoms with Crippen molar-refractivity contribution in [3.63, 3.8) is 0 Å². The van der Waals surface area contributed by atoms with Crippen LogP contribution in [-0.2, 0) is 16.3 Å². The van der Waals surface area contributed by atoms with Crippen LogP contribution in [0.25, 0.3) is 0 Å². The van der Waals surface area contributed by atoms with E-state index >= 15 is 0 Å². The lowest BCUT2D eigenvalue weighted by molar-refractivity contribution is -0.137. The van der Waals surface area contributed by atoms with E-state index in [1.165, 1.54) is 9.79 Å². The molecule has 0 amide bonds. The van der Waals surface area contributed by atoms with Gasteiger partial charge in [-0.1, -0.05) is 48.2 Å². The molecule has 12 heteroatoms. The molecule has 1 heterocycles. The van der Waals surface area contributed by atoms with E-state index in [9.17, 15) is 26.3 Å². The maximum Gasteiger partial charge on any atom is 0.522 e. The summed E-state index contributed by atoms with van der Waals surface area (Å²) in [7, 11) is -5.84. The van der Waals surface area contributed by atoms with Crippen molar-refractivity contribution in [3.8, 4) is 0 Å². The molecule has 2 aromatic carbocycles. The highest BCUT2D eigenvalue weighted by Gasteiger charge is 2.44. The first-order chi connectivity index (χ1) is 14.3. The molecular weight excluding hydrogens is 468 g/mol. The maximum absolute atomic E-state index is 11.8. The molecule has 0 aliphatic heterocycles. The summed E-state index contributed by atoms with van der Waals surface area (Å²) in [5.41, 5.74) is -6.20. The van der Waals surface area contributed by atoms with Crippen LogP contribution < -0.4 is 0 Å². The van der Waals surface area contributed by atoms with E-state index in [4.69, 9.17) is 13.0 Å². The van der Waals surface area contributed by atoms with Crippen LogP contribution in [0.4, 0.5) is 26.3 Å². The van der Waals surface area contributed by atoms with Crippen LogP contribution in [0.2, 0.25) is 0 Å². The Morgan fingerprint density at radius 3 is 1.32 bits per heavy atom. The van der Waals surface area contributed by atoms with Gasteiger partial charge in [-0.25, -0.2) is 0 Å². The Morgan fingerprint density at radius 2 is 1.06 bits per heavy atom. The molecular formula is C19H15F6NO3S2. The second-order valence-electron chi connectivity index (χ2n) is 5.38. The lowest BCUT2D eigenvalue weighted by Gasteiger charge is -2.03. The van der Waals surface area contributed by atoms with Crippen LogP contribution >= 0.6 is 11.8 Å². The van der Waals surface area contributed by atoms with Gasteiger partial charge in [0, 0.05) is 22.2 Å². The number of hydrogen-bond donors (Lipinski definition) is 1. The average Bonchev–Trinajstić information content (AvgIpc) is 2.69. The number of pyridine rings is 1. The fraction of sp³-hybridized carbons (Fsp3) is 0.105. The van der Waals surface area contributed by atoms with Crippen molar-refractivity contribution < 1.29 is 39.3 Å². The topological polar surface area (TPSA) is 67.3 Å². The summed E-state index contributed by atoms with van der Waals surface area (Å²) in [5.74, 6) is 0. The van der Waals surface area contributed by atoms with E-state index in [0.717, 1.165) is 24.5 Å². The summed E-state index contributed by atoms with van der Waals surface area (Å²) in [4.78, 5) is 6.03. The van der Waals surface area contributed by atoms with Crippen molar-refractivity contribution in [1.82, 2.24) is 4.98 Å². The van der Waals surface area contributed by atoms with Gasteiger partial charge in [-0.05, 0) is 36.4 Å². The third-order valence-electron chi connectivity index (χ3n) is 3.02. The predicted octanol–water partition coefficient (Wildman–Crippen LogP) is 6.33. The Morgan fingerprint density at radius 1 is 0.710 bits per heavy atom. The summed E-state index contributed by atoms with van der Waals surface area (Å²) >= 11 is 1.79. The number of aromatic nitrogens is 1. The standard InChI is InChI=1S/C12H10S.C6H4F3N.CHF3O3S/c1-3-7-11(8-4-1)13-12-9-5-2-6-10-12;7-6(8,9)5-1-3-10-4-2-5;2-1(3,4)8(5,6)7/h1-10H;1-4H;(H,5,6,7). The molecule has 0 unspecified atom stereocenters. The largest absolute Gasteiger partial charge is 0.522 e. The molecule has 0 saturated carbocycles. The molecule has 0 aliphatic carbocycles. The van der Waals surface area contributed by atoms with Gasteiger partial charge >= 0.3 is 21.8 Å². The minimum atomic E-state index is -5.84. The van der Waals surface area contributed by atoms with Crippen LogP contribution in [0.15, 0.2) is 95.0 Å². The van der Waals surface area contributed by atoms with Crippen molar-refractivity contribution in [2.75, 3.05) is 0 Å². The molecule has 0 saturated heterocycles. The third-order valence-corrected chi connectivity index (χ3v) is 4.62. The van der Waals surface area contributed by atoms with E-state index in [-0.39, 0.29) is 0 Å². The Labute approximate surface area is 178 Å². The van der Waals surface area contributed by atoms with E-state index in [0.29, 0.717) is 0 Å². The Bertz CT molecular complexity index is 960. The smallest absolute Gasteiger partial charge is 0.279 e. The summed E-state index contributed by atoms with van der Waals surface area (Å²) < 4.78 is 92.8. The molecule has 3 aromatic rings. The molecule has 3 rings (SSSR count). The van der Waals surface area contributed by atoms with Crippen LogP contribution in [0.5, 0.6) is 0 Å². The van der Waals surface area contributed by atoms with Gasteiger partial charge in [0.05, 0.1) is 5.56 Å². The minimum absolute atomic E-state index is 0.664. The van der Waals surface area contributed by atoms with E-state index < -0.39 is 27.4 Å². The molecule has 168 valence electrons. The monoisotopic (exact) mass is 483 g/mol. The Hall–Kier alpha value is -2.57. The average molecular weight is 483 g/mol. The van der Waals surface area contributed by atoms with Crippen molar-refractivity contribution in [2.45, 2.75) is 21.5 Å². The van der Waals surface area contributed by atoms with Gasteiger partial charge in [0.1, 0.15) is 0 Å². The molecule has 4 nitrogen and oxygen atoms in total. The predicted molar refractivity (Wildman–Crippen MR) is 104 cm³/mol. The quantitative estimate of drug-likeness (QED) is 0.262. The van der Waals surface area contributed by atoms with Crippen molar-refractivity contribution in [2.24, 2.45) is 0 Å². The second-order valence-corrected chi connectivity index (χ2v) is 7.94. The van der Waals surface area contributed by atoms with E-state index in [2.05, 4.69) is 53.5 Å². The molecule has 0 aliphatic rings. The highest BCUT2D eigenvalue weighted by Crippen LogP contribution is 2.28. The molecule has 31 heavy (non-hydrogen) atoms. The van der Waals surface area contributed by atoms with E-state index in [1.54, 1.807) is 11.8 Å². The SMILES string of the molecule is FC(F)(F)c1ccncc1.O=S(=O)(O)C(F)(F)F.c1ccc(Sc2ccccc2)cc1. The summed E-state index contributed by atoms with van der Waals surface area (Å²) in [6.07, 6.45) is -2.02. The van der Waals surface area contributed by atoms with Crippen LogP contribution in [0.1, 0.15) is 5.56 Å². The number of halogens is 6. The number of rotatable bonds is 2. The van der Waals surface area contributed by atoms with Crippen LogP contribution in [0, 0.1) is 0 Å².